The number of para-hydroxylation sites is 1. The minimum absolute atomic E-state index is 0.000759. The van der Waals surface area contributed by atoms with Crippen LogP contribution in [0.3, 0.4) is 0 Å². The van der Waals surface area contributed by atoms with Crippen LogP contribution < -0.4 is 4.90 Å². The van der Waals surface area contributed by atoms with E-state index in [1.54, 1.807) is 7.11 Å². The number of piperazine rings is 1. The molecule has 6 nitrogen and oxygen atoms in total. The van der Waals surface area contributed by atoms with Crippen LogP contribution in [0.5, 0.6) is 0 Å². The van der Waals surface area contributed by atoms with Crippen molar-refractivity contribution in [3.8, 4) is 0 Å². The zero-order valence-electron chi connectivity index (χ0n) is 15.7. The highest BCUT2D eigenvalue weighted by molar-refractivity contribution is 5.97. The Morgan fingerprint density at radius 1 is 0.962 bits per heavy atom. The second-order valence-electron chi connectivity index (χ2n) is 7.04. The molecular weight excluding hydrogens is 330 g/mol. The van der Waals surface area contributed by atoms with Gasteiger partial charge in [0.2, 0.25) is 11.8 Å². The van der Waals surface area contributed by atoms with Gasteiger partial charge in [0, 0.05) is 63.9 Å². The zero-order chi connectivity index (χ0) is 18.4. The molecule has 142 valence electrons. The van der Waals surface area contributed by atoms with Gasteiger partial charge in [0.15, 0.2) is 0 Å². The molecule has 26 heavy (non-hydrogen) atoms. The molecule has 1 aromatic rings. The largest absolute Gasteiger partial charge is 0.380 e. The number of rotatable bonds is 7. The van der Waals surface area contributed by atoms with Gasteiger partial charge in [-0.1, -0.05) is 18.2 Å². The number of amides is 2. The van der Waals surface area contributed by atoms with E-state index in [1.165, 1.54) is 16.2 Å². The lowest BCUT2D eigenvalue weighted by molar-refractivity contribution is -0.148. The Hall–Kier alpha value is -1.92. The van der Waals surface area contributed by atoms with E-state index in [9.17, 15) is 9.59 Å². The molecule has 2 aliphatic heterocycles. The van der Waals surface area contributed by atoms with Crippen LogP contribution in [-0.4, -0.2) is 68.0 Å². The maximum absolute atomic E-state index is 11.8. The summed E-state index contributed by atoms with van der Waals surface area (Å²) >= 11 is 0. The summed E-state index contributed by atoms with van der Waals surface area (Å²) in [6.07, 6.45) is 2.61. The highest BCUT2D eigenvalue weighted by Gasteiger charge is 2.25. The lowest BCUT2D eigenvalue weighted by atomic mass is 10.1. The van der Waals surface area contributed by atoms with Gasteiger partial charge in [0.05, 0.1) is 6.61 Å². The summed E-state index contributed by atoms with van der Waals surface area (Å²) in [7, 11) is 1.73. The van der Waals surface area contributed by atoms with E-state index in [1.807, 2.05) is 0 Å². The van der Waals surface area contributed by atoms with Crippen LogP contribution in [-0.2, 0) is 20.9 Å². The number of ether oxygens (including phenoxy) is 1. The fraction of sp³-hybridized carbons (Fsp3) is 0.600. The Kier molecular flexibility index (Phi) is 6.63. The Labute approximate surface area is 155 Å². The molecule has 0 N–H and O–H groups in total. The standard InChI is InChI=1S/C20H29N3O3/c1-26-16-17-6-2-3-7-18(17)22-14-12-21(13-15-22)10-5-11-23-19(24)8-4-9-20(23)25/h2-3,6-7H,4-5,8-16H2,1H3. The number of likely N-dealkylation sites (tertiary alicyclic amines) is 1. The van der Waals surface area contributed by atoms with Crippen LogP contribution in [0.1, 0.15) is 31.2 Å². The number of carbonyl (C=O) groups excluding carboxylic acids is 2. The molecule has 0 atom stereocenters. The van der Waals surface area contributed by atoms with Crippen molar-refractivity contribution in [1.82, 2.24) is 9.80 Å². The summed E-state index contributed by atoms with van der Waals surface area (Å²) < 4.78 is 5.31. The lowest BCUT2D eigenvalue weighted by Gasteiger charge is -2.37. The Morgan fingerprint density at radius 2 is 1.65 bits per heavy atom. The molecule has 6 heteroatoms. The number of piperidine rings is 1. The van der Waals surface area contributed by atoms with E-state index in [0.29, 0.717) is 32.4 Å². The molecule has 0 aliphatic carbocycles. The van der Waals surface area contributed by atoms with Crippen molar-refractivity contribution in [2.75, 3.05) is 51.3 Å². The van der Waals surface area contributed by atoms with Gasteiger partial charge >= 0.3 is 0 Å². The number of benzene rings is 1. The summed E-state index contributed by atoms with van der Waals surface area (Å²) in [4.78, 5) is 30.0. The van der Waals surface area contributed by atoms with Crippen molar-refractivity contribution in [2.24, 2.45) is 0 Å². The molecule has 2 heterocycles. The number of methoxy groups -OCH3 is 1. The Morgan fingerprint density at radius 3 is 2.35 bits per heavy atom. The summed E-state index contributed by atoms with van der Waals surface area (Å²) in [5.41, 5.74) is 2.49. The Bertz CT molecular complexity index is 610. The third-order valence-electron chi connectivity index (χ3n) is 5.24. The van der Waals surface area contributed by atoms with E-state index < -0.39 is 0 Å². The summed E-state index contributed by atoms with van der Waals surface area (Å²) in [6, 6.07) is 8.42. The average Bonchev–Trinajstić information content (AvgIpc) is 2.65. The number of carbonyl (C=O) groups is 2. The molecule has 2 aliphatic rings. The van der Waals surface area contributed by atoms with Crippen LogP contribution in [0.4, 0.5) is 5.69 Å². The van der Waals surface area contributed by atoms with Crippen molar-refractivity contribution in [3.05, 3.63) is 29.8 Å². The van der Waals surface area contributed by atoms with E-state index in [-0.39, 0.29) is 11.8 Å². The topological polar surface area (TPSA) is 53.1 Å². The normalized spacial score (nSPS) is 19.3. The minimum Gasteiger partial charge on any atom is -0.380 e. The highest BCUT2D eigenvalue weighted by Crippen LogP contribution is 2.22. The van der Waals surface area contributed by atoms with Crippen LogP contribution >= 0.6 is 0 Å². The molecule has 0 radical (unpaired) electrons. The molecule has 0 saturated carbocycles. The number of imide groups is 1. The van der Waals surface area contributed by atoms with Crippen molar-refractivity contribution < 1.29 is 14.3 Å². The number of hydrogen-bond acceptors (Lipinski definition) is 5. The molecule has 0 spiro atoms. The molecule has 1 aromatic carbocycles. The van der Waals surface area contributed by atoms with E-state index in [4.69, 9.17) is 4.74 Å². The van der Waals surface area contributed by atoms with Crippen molar-refractivity contribution >= 4 is 17.5 Å². The quantitative estimate of drug-likeness (QED) is 0.696. The van der Waals surface area contributed by atoms with E-state index in [0.717, 1.165) is 39.1 Å². The average molecular weight is 359 g/mol. The maximum atomic E-state index is 11.8. The third-order valence-corrected chi connectivity index (χ3v) is 5.24. The van der Waals surface area contributed by atoms with Gasteiger partial charge in [-0.2, -0.15) is 0 Å². The molecule has 3 rings (SSSR count). The second kappa shape index (κ2) is 9.14. The van der Waals surface area contributed by atoms with Crippen LogP contribution in [0.25, 0.3) is 0 Å². The first-order valence-electron chi connectivity index (χ1n) is 9.56. The first-order chi connectivity index (χ1) is 12.7. The SMILES string of the molecule is COCc1ccccc1N1CCN(CCCN2C(=O)CCCC2=O)CC1. The van der Waals surface area contributed by atoms with Gasteiger partial charge in [0.25, 0.3) is 0 Å². The fourth-order valence-corrected chi connectivity index (χ4v) is 3.81. The number of nitrogens with zero attached hydrogens (tertiary/aromatic N) is 3. The van der Waals surface area contributed by atoms with Gasteiger partial charge < -0.3 is 9.64 Å². The third kappa shape index (κ3) is 4.62. The van der Waals surface area contributed by atoms with Crippen molar-refractivity contribution in [2.45, 2.75) is 32.3 Å². The maximum Gasteiger partial charge on any atom is 0.229 e. The van der Waals surface area contributed by atoms with E-state index in [2.05, 4.69) is 34.1 Å². The van der Waals surface area contributed by atoms with Crippen LogP contribution in [0, 0.1) is 0 Å². The summed E-state index contributed by atoms with van der Waals surface area (Å²) in [5.74, 6) is 0.00152. The first-order valence-corrected chi connectivity index (χ1v) is 9.56. The molecule has 0 aromatic heterocycles. The van der Waals surface area contributed by atoms with Crippen LogP contribution in [0.15, 0.2) is 24.3 Å². The van der Waals surface area contributed by atoms with E-state index >= 15 is 0 Å². The first kappa shape index (κ1) is 18.9. The highest BCUT2D eigenvalue weighted by atomic mass is 16.5. The predicted octanol–water partition coefficient (Wildman–Crippen LogP) is 1.88. The second-order valence-corrected chi connectivity index (χ2v) is 7.04. The van der Waals surface area contributed by atoms with Crippen molar-refractivity contribution in [1.29, 1.82) is 0 Å². The zero-order valence-corrected chi connectivity index (χ0v) is 15.7. The lowest BCUT2D eigenvalue weighted by Crippen LogP contribution is -2.48. The Balaban J connectivity index is 1.44. The smallest absolute Gasteiger partial charge is 0.229 e. The monoisotopic (exact) mass is 359 g/mol. The predicted molar refractivity (Wildman–Crippen MR) is 101 cm³/mol. The summed E-state index contributed by atoms with van der Waals surface area (Å²) in [5, 5.41) is 0. The van der Waals surface area contributed by atoms with Gasteiger partial charge in [-0.05, 0) is 25.5 Å². The van der Waals surface area contributed by atoms with Gasteiger partial charge in [0.1, 0.15) is 0 Å². The van der Waals surface area contributed by atoms with Gasteiger partial charge in [-0.3, -0.25) is 19.4 Å². The molecule has 2 fully saturated rings. The molecular formula is C20H29N3O3. The molecule has 2 saturated heterocycles. The van der Waals surface area contributed by atoms with Gasteiger partial charge in [-0.15, -0.1) is 0 Å². The molecule has 2 amide bonds. The van der Waals surface area contributed by atoms with Gasteiger partial charge in [-0.25, -0.2) is 0 Å². The molecule has 0 unspecified atom stereocenters. The summed E-state index contributed by atoms with van der Waals surface area (Å²) in [6.45, 7) is 6.12. The minimum atomic E-state index is 0.000759. The van der Waals surface area contributed by atoms with Crippen LogP contribution in [0.2, 0.25) is 0 Å². The fourth-order valence-electron chi connectivity index (χ4n) is 3.81. The number of hydrogen-bond donors (Lipinski definition) is 0. The van der Waals surface area contributed by atoms with Crippen molar-refractivity contribution in [3.63, 3.8) is 0 Å². The molecule has 0 bridgehead atoms. The number of anilines is 1.